The zero-order chi connectivity index (χ0) is 29.5. The van der Waals surface area contributed by atoms with Gasteiger partial charge in [-0.1, -0.05) is 12.1 Å². The molecule has 4 atom stereocenters. The predicted octanol–water partition coefficient (Wildman–Crippen LogP) is 0.752. The molecule has 2 aromatic rings. The first-order chi connectivity index (χ1) is 19.6. The molecule has 12 nitrogen and oxygen atoms in total. The highest BCUT2D eigenvalue weighted by molar-refractivity contribution is 6.00. The van der Waals surface area contributed by atoms with Crippen molar-refractivity contribution in [1.82, 2.24) is 21.3 Å². The summed E-state index contributed by atoms with van der Waals surface area (Å²) in [5.41, 5.74) is 0.584. The van der Waals surface area contributed by atoms with Crippen molar-refractivity contribution < 1.29 is 38.9 Å². The van der Waals surface area contributed by atoms with E-state index in [1.165, 1.54) is 32.0 Å². The van der Waals surface area contributed by atoms with Crippen molar-refractivity contribution in [1.29, 1.82) is 0 Å². The Morgan fingerprint density at radius 3 is 2.37 bits per heavy atom. The smallest absolute Gasteiger partial charge is 0.255 e. The van der Waals surface area contributed by atoms with E-state index in [4.69, 9.17) is 9.47 Å². The van der Waals surface area contributed by atoms with Crippen LogP contribution < -0.4 is 26.0 Å². The number of carbonyl (C=O) groups is 4. The molecule has 41 heavy (non-hydrogen) atoms. The van der Waals surface area contributed by atoms with E-state index in [1.807, 2.05) is 0 Å². The fourth-order valence-corrected chi connectivity index (χ4v) is 4.64. The lowest BCUT2D eigenvalue weighted by molar-refractivity contribution is -0.133. The van der Waals surface area contributed by atoms with Crippen LogP contribution in [-0.4, -0.2) is 77.8 Å². The number of phenols is 1. The minimum absolute atomic E-state index is 0.168. The van der Waals surface area contributed by atoms with Crippen LogP contribution in [0.1, 0.15) is 42.6 Å². The van der Waals surface area contributed by atoms with Gasteiger partial charge in [0.15, 0.2) is 0 Å². The van der Waals surface area contributed by atoms with E-state index in [2.05, 4.69) is 21.3 Å². The summed E-state index contributed by atoms with van der Waals surface area (Å²) in [4.78, 5) is 52.3. The Labute approximate surface area is 237 Å². The van der Waals surface area contributed by atoms with Gasteiger partial charge in [0.2, 0.25) is 17.7 Å². The van der Waals surface area contributed by atoms with Crippen molar-refractivity contribution in [2.24, 2.45) is 5.92 Å². The molecule has 12 heteroatoms. The van der Waals surface area contributed by atoms with Crippen molar-refractivity contribution in [2.45, 2.75) is 57.3 Å². The van der Waals surface area contributed by atoms with Crippen LogP contribution in [-0.2, 0) is 25.5 Å². The zero-order valence-electron chi connectivity index (χ0n) is 23.0. The normalized spacial score (nSPS) is 23.2. The first-order valence-electron chi connectivity index (χ1n) is 13.7. The van der Waals surface area contributed by atoms with E-state index in [1.54, 1.807) is 24.3 Å². The minimum atomic E-state index is -1.44. The van der Waals surface area contributed by atoms with Gasteiger partial charge in [0.25, 0.3) is 5.91 Å². The van der Waals surface area contributed by atoms with Crippen molar-refractivity contribution in [2.75, 3.05) is 19.8 Å². The maximum absolute atomic E-state index is 13.2. The second kappa shape index (κ2) is 13.5. The van der Waals surface area contributed by atoms with Gasteiger partial charge in [-0.3, -0.25) is 19.2 Å². The lowest BCUT2D eigenvalue weighted by Crippen LogP contribution is -2.58. The van der Waals surface area contributed by atoms with Crippen LogP contribution in [0.4, 0.5) is 0 Å². The molecule has 6 N–H and O–H groups in total. The van der Waals surface area contributed by atoms with Crippen LogP contribution in [0.2, 0.25) is 0 Å². The van der Waals surface area contributed by atoms with E-state index in [0.29, 0.717) is 25.5 Å². The highest BCUT2D eigenvalue weighted by Gasteiger charge is 2.31. The molecule has 4 amide bonds. The SMILES string of the molecule is C[C@@H]1NC(=O)[C@H]([C@@H](C)O)NC(=O)c2cc(ccc2O)Oc2ccc(cc2)C[C@@H](C(=O)NCC2CCOCC2)NC1=O. The molecule has 3 aliphatic rings. The summed E-state index contributed by atoms with van der Waals surface area (Å²) in [5, 5.41) is 31.0. The highest BCUT2D eigenvalue weighted by Crippen LogP contribution is 2.28. The standard InChI is InChI=1S/C29H36N4O8/c1-16-26(36)32-23(28(38)30-15-19-9-11-40-12-10-19)13-18-3-5-20(6-4-18)41-21-7-8-24(35)22(14-21)27(37)33-25(17(2)34)29(39)31-16/h3-8,14,16-17,19,23,25,34-35H,9-13,15H2,1-2H3,(H,30,38)(H,31,39)(H,32,36)(H,33,37)/t16-,17+,23-,25-/m0/s1. The van der Waals surface area contributed by atoms with Gasteiger partial charge in [-0.05, 0) is 68.5 Å². The molecule has 0 spiro atoms. The van der Waals surface area contributed by atoms with Crippen molar-refractivity contribution in [3.05, 3.63) is 53.6 Å². The number of fused-ring (bicyclic) bond motifs is 11. The van der Waals surface area contributed by atoms with Crippen LogP contribution in [0.25, 0.3) is 0 Å². The molecule has 3 heterocycles. The average Bonchev–Trinajstić information content (AvgIpc) is 2.95. The average molecular weight is 569 g/mol. The van der Waals surface area contributed by atoms with Crippen molar-refractivity contribution in [3.63, 3.8) is 0 Å². The lowest BCUT2D eigenvalue weighted by atomic mass is 9.99. The molecule has 220 valence electrons. The van der Waals surface area contributed by atoms with Crippen LogP contribution in [0.15, 0.2) is 42.5 Å². The molecule has 2 aromatic carbocycles. The number of aliphatic hydroxyl groups excluding tert-OH is 1. The Hall–Kier alpha value is -4.16. The number of phenolic OH excluding ortho intramolecular Hbond substituents is 1. The number of hydrogen-bond donors (Lipinski definition) is 6. The topological polar surface area (TPSA) is 175 Å². The van der Waals surface area contributed by atoms with Crippen LogP contribution >= 0.6 is 0 Å². The van der Waals surface area contributed by atoms with Gasteiger partial charge < -0.3 is 41.0 Å². The molecule has 1 saturated heterocycles. The Kier molecular flexibility index (Phi) is 9.79. The van der Waals surface area contributed by atoms with Gasteiger partial charge in [0.05, 0.1) is 11.7 Å². The van der Waals surface area contributed by atoms with Crippen LogP contribution in [0, 0.1) is 5.92 Å². The minimum Gasteiger partial charge on any atom is -0.507 e. The van der Waals surface area contributed by atoms with Crippen molar-refractivity contribution in [3.8, 4) is 17.2 Å². The molecule has 0 saturated carbocycles. The number of hydrogen-bond acceptors (Lipinski definition) is 8. The summed E-state index contributed by atoms with van der Waals surface area (Å²) in [7, 11) is 0. The number of benzene rings is 2. The van der Waals surface area contributed by atoms with Gasteiger partial charge in [-0.15, -0.1) is 0 Å². The first-order valence-corrected chi connectivity index (χ1v) is 13.7. The molecule has 1 fully saturated rings. The summed E-state index contributed by atoms with van der Waals surface area (Å²) >= 11 is 0. The quantitative estimate of drug-likeness (QED) is 0.293. The summed E-state index contributed by atoms with van der Waals surface area (Å²) in [6.45, 7) is 4.49. The van der Waals surface area contributed by atoms with Crippen LogP contribution in [0.3, 0.4) is 0 Å². The van der Waals surface area contributed by atoms with E-state index >= 15 is 0 Å². The number of rotatable bonds is 4. The molecular weight excluding hydrogens is 532 g/mol. The third-order valence-electron chi connectivity index (χ3n) is 7.15. The number of ether oxygens (including phenoxy) is 2. The van der Waals surface area contributed by atoms with Gasteiger partial charge in [0, 0.05) is 26.2 Å². The lowest BCUT2D eigenvalue weighted by Gasteiger charge is -2.26. The van der Waals surface area contributed by atoms with Crippen molar-refractivity contribution >= 4 is 23.6 Å². The summed E-state index contributed by atoms with van der Waals surface area (Å²) < 4.78 is 11.2. The Balaban J connectivity index is 1.61. The molecule has 0 unspecified atom stereocenters. The molecule has 5 rings (SSSR count). The van der Waals surface area contributed by atoms with E-state index in [0.717, 1.165) is 18.4 Å². The van der Waals surface area contributed by atoms with E-state index in [-0.39, 0.29) is 35.3 Å². The third-order valence-corrected chi connectivity index (χ3v) is 7.15. The fraction of sp³-hybridized carbons (Fsp3) is 0.448. The Morgan fingerprint density at radius 2 is 1.68 bits per heavy atom. The number of amides is 4. The fourth-order valence-electron chi connectivity index (χ4n) is 4.64. The first kappa shape index (κ1) is 29.8. The molecular formula is C29H36N4O8. The molecule has 0 aromatic heterocycles. The maximum Gasteiger partial charge on any atom is 0.255 e. The molecule has 0 radical (unpaired) electrons. The number of aromatic hydroxyl groups is 1. The third kappa shape index (κ3) is 7.95. The monoisotopic (exact) mass is 568 g/mol. The van der Waals surface area contributed by atoms with Gasteiger partial charge >= 0.3 is 0 Å². The Bertz CT molecular complexity index is 1260. The Morgan fingerprint density at radius 1 is 1.00 bits per heavy atom. The zero-order valence-corrected chi connectivity index (χ0v) is 23.0. The summed E-state index contributed by atoms with van der Waals surface area (Å²) in [6, 6.07) is 7.51. The largest absolute Gasteiger partial charge is 0.507 e. The molecule has 0 aliphatic carbocycles. The van der Waals surface area contributed by atoms with E-state index in [9.17, 15) is 29.4 Å². The molecule has 4 bridgehead atoms. The summed E-state index contributed by atoms with van der Waals surface area (Å²) in [6.07, 6.45) is 0.529. The molecule has 3 aliphatic heterocycles. The van der Waals surface area contributed by atoms with Gasteiger partial charge in [0.1, 0.15) is 35.4 Å². The summed E-state index contributed by atoms with van der Waals surface area (Å²) in [5.74, 6) is -2.00. The maximum atomic E-state index is 13.2. The van der Waals surface area contributed by atoms with Gasteiger partial charge in [-0.2, -0.15) is 0 Å². The van der Waals surface area contributed by atoms with E-state index < -0.39 is 42.0 Å². The second-order valence-corrected chi connectivity index (χ2v) is 10.4. The van der Waals surface area contributed by atoms with Crippen LogP contribution in [0.5, 0.6) is 17.2 Å². The van der Waals surface area contributed by atoms with Gasteiger partial charge in [-0.25, -0.2) is 0 Å². The highest BCUT2D eigenvalue weighted by atomic mass is 16.5. The second-order valence-electron chi connectivity index (χ2n) is 10.4. The predicted molar refractivity (Wildman–Crippen MR) is 147 cm³/mol. The number of carbonyl (C=O) groups excluding carboxylic acids is 4. The number of aliphatic hydroxyl groups is 1. The number of nitrogens with one attached hydrogen (secondary N) is 4.